The molecule has 0 aromatic heterocycles. The highest BCUT2D eigenvalue weighted by atomic mass is 35.5. The fraction of sp³-hybridized carbons (Fsp3) is 0.417. The first kappa shape index (κ1) is 31.6. The second-order valence-electron chi connectivity index (χ2n) is 11.9. The molecule has 43 heavy (non-hydrogen) atoms. The molecule has 0 N–H and O–H groups in total. The number of para-hydroxylation sites is 1. The highest BCUT2D eigenvalue weighted by Gasteiger charge is 2.48. The standard InChI is InChI=1S/C36H41Cl2FN2O2/c1-4-9-24(3)34-36(42)41(30(5-2)23-40(21-20-25-14-15-25)32-13-7-6-12-31(32)39)33(26-16-18-28(37)19-17-26)35(43-34)27-10-8-11-29(38)22-27/h4,6-13,16-19,22,24-25,30,33-35H,5,14-15,20-21,23H2,1-3H3/b9-4+/t24-,30-,33+,34+,35+/m0/s1. The average Bonchev–Trinajstić information content (AvgIpc) is 3.83. The number of halogens is 3. The molecule has 1 saturated carbocycles. The molecule has 1 aliphatic carbocycles. The van der Waals surface area contributed by atoms with Crippen LogP contribution in [-0.4, -0.2) is 36.0 Å². The van der Waals surface area contributed by atoms with Gasteiger partial charge in [-0.05, 0) is 73.2 Å². The summed E-state index contributed by atoms with van der Waals surface area (Å²) >= 11 is 12.8. The number of amides is 1. The lowest BCUT2D eigenvalue weighted by molar-refractivity contribution is -0.183. The zero-order valence-electron chi connectivity index (χ0n) is 25.1. The number of anilines is 1. The quantitative estimate of drug-likeness (QED) is 0.189. The van der Waals surface area contributed by atoms with Gasteiger partial charge in [0, 0.05) is 35.1 Å². The first-order valence-electron chi connectivity index (χ1n) is 15.4. The lowest BCUT2D eigenvalue weighted by Crippen LogP contribution is -2.58. The molecule has 5 atom stereocenters. The molecule has 2 fully saturated rings. The number of morpholine rings is 1. The van der Waals surface area contributed by atoms with Crippen molar-refractivity contribution in [2.75, 3.05) is 18.0 Å². The summed E-state index contributed by atoms with van der Waals surface area (Å²) in [7, 11) is 0. The summed E-state index contributed by atoms with van der Waals surface area (Å²) in [6.45, 7) is 7.31. The van der Waals surface area contributed by atoms with Crippen molar-refractivity contribution in [1.29, 1.82) is 0 Å². The van der Waals surface area contributed by atoms with Crippen molar-refractivity contribution < 1.29 is 13.9 Å². The first-order valence-corrected chi connectivity index (χ1v) is 16.2. The molecule has 228 valence electrons. The van der Waals surface area contributed by atoms with Crippen LogP contribution < -0.4 is 4.90 Å². The minimum absolute atomic E-state index is 0.0636. The van der Waals surface area contributed by atoms with Gasteiger partial charge in [-0.15, -0.1) is 0 Å². The molecule has 3 aromatic carbocycles. The molecule has 2 aliphatic rings. The van der Waals surface area contributed by atoms with E-state index in [1.54, 1.807) is 6.07 Å². The molecular weight excluding hydrogens is 582 g/mol. The molecule has 1 aliphatic heterocycles. The summed E-state index contributed by atoms with van der Waals surface area (Å²) in [5.41, 5.74) is 2.40. The minimum atomic E-state index is -0.689. The van der Waals surface area contributed by atoms with Crippen LogP contribution in [-0.2, 0) is 9.53 Å². The van der Waals surface area contributed by atoms with E-state index < -0.39 is 18.2 Å². The second kappa shape index (κ2) is 14.3. The minimum Gasteiger partial charge on any atom is -0.367 e. The van der Waals surface area contributed by atoms with Gasteiger partial charge >= 0.3 is 0 Å². The molecule has 5 rings (SSSR count). The van der Waals surface area contributed by atoms with E-state index in [1.807, 2.05) is 91.6 Å². The van der Waals surface area contributed by atoms with E-state index in [0.29, 0.717) is 34.6 Å². The van der Waals surface area contributed by atoms with Gasteiger partial charge in [-0.25, -0.2) is 4.39 Å². The van der Waals surface area contributed by atoms with Crippen LogP contribution in [0.3, 0.4) is 0 Å². The Morgan fingerprint density at radius 2 is 1.77 bits per heavy atom. The lowest BCUT2D eigenvalue weighted by Gasteiger charge is -2.50. The van der Waals surface area contributed by atoms with Crippen LogP contribution in [0.25, 0.3) is 0 Å². The third-order valence-electron chi connectivity index (χ3n) is 8.73. The van der Waals surface area contributed by atoms with E-state index >= 15 is 4.39 Å². The fourth-order valence-electron chi connectivity index (χ4n) is 6.25. The number of hydrogen-bond acceptors (Lipinski definition) is 3. The van der Waals surface area contributed by atoms with Crippen molar-refractivity contribution in [3.63, 3.8) is 0 Å². The van der Waals surface area contributed by atoms with Crippen molar-refractivity contribution in [2.45, 2.75) is 70.7 Å². The average molecular weight is 624 g/mol. The Kier molecular flexibility index (Phi) is 10.5. The van der Waals surface area contributed by atoms with Gasteiger partial charge in [-0.2, -0.15) is 0 Å². The third-order valence-corrected chi connectivity index (χ3v) is 9.22. The Morgan fingerprint density at radius 3 is 2.42 bits per heavy atom. The zero-order valence-corrected chi connectivity index (χ0v) is 26.6. The van der Waals surface area contributed by atoms with Crippen LogP contribution in [0.2, 0.25) is 10.0 Å². The predicted octanol–water partition coefficient (Wildman–Crippen LogP) is 9.44. The van der Waals surface area contributed by atoms with Gasteiger partial charge in [0.05, 0.1) is 11.7 Å². The Morgan fingerprint density at radius 1 is 1.02 bits per heavy atom. The van der Waals surface area contributed by atoms with Crippen LogP contribution in [0, 0.1) is 17.7 Å². The number of benzene rings is 3. The largest absolute Gasteiger partial charge is 0.367 e. The molecule has 4 nitrogen and oxygen atoms in total. The molecule has 1 saturated heterocycles. The molecule has 7 heteroatoms. The number of allylic oxidation sites excluding steroid dienone is 1. The molecule has 0 spiro atoms. The number of rotatable bonds is 12. The van der Waals surface area contributed by atoms with Gasteiger partial charge in [0.2, 0.25) is 0 Å². The second-order valence-corrected chi connectivity index (χ2v) is 12.7. The number of carbonyl (C=O) groups is 1. The van der Waals surface area contributed by atoms with Crippen LogP contribution in [0.4, 0.5) is 10.1 Å². The number of nitrogens with zero attached hydrogens (tertiary/aromatic N) is 2. The van der Waals surface area contributed by atoms with Crippen LogP contribution in [0.15, 0.2) is 84.9 Å². The highest BCUT2D eigenvalue weighted by Crippen LogP contribution is 2.46. The van der Waals surface area contributed by atoms with Crippen molar-refractivity contribution in [3.05, 3.63) is 112 Å². The molecule has 3 aromatic rings. The molecule has 0 bridgehead atoms. The van der Waals surface area contributed by atoms with Crippen molar-refractivity contribution in [2.24, 2.45) is 11.8 Å². The third kappa shape index (κ3) is 7.45. The Labute approximate surface area is 265 Å². The van der Waals surface area contributed by atoms with E-state index in [4.69, 9.17) is 27.9 Å². The SMILES string of the molecule is C/C=C/[C@H](C)[C@H]1O[C@H](c2cccc(Cl)c2)[C@@H](c2ccc(Cl)cc2)N([C@@H](CC)CN(CCC2CC2)c2ccccc2F)C1=O. The smallest absolute Gasteiger partial charge is 0.253 e. The van der Waals surface area contributed by atoms with E-state index in [0.717, 1.165) is 24.1 Å². The summed E-state index contributed by atoms with van der Waals surface area (Å²) in [5, 5.41) is 1.23. The molecule has 1 heterocycles. The molecular formula is C36H41Cl2FN2O2. The topological polar surface area (TPSA) is 32.8 Å². The van der Waals surface area contributed by atoms with Gasteiger partial charge in [-0.3, -0.25) is 4.79 Å². The van der Waals surface area contributed by atoms with Gasteiger partial charge < -0.3 is 14.5 Å². The van der Waals surface area contributed by atoms with Crippen LogP contribution >= 0.6 is 23.2 Å². The first-order chi connectivity index (χ1) is 20.8. The van der Waals surface area contributed by atoms with Gasteiger partial charge in [0.1, 0.15) is 18.0 Å². The maximum atomic E-state index is 15.2. The lowest BCUT2D eigenvalue weighted by atomic mass is 9.87. The summed E-state index contributed by atoms with van der Waals surface area (Å²) in [6, 6.07) is 21.6. The van der Waals surface area contributed by atoms with Crippen LogP contribution in [0.5, 0.6) is 0 Å². The van der Waals surface area contributed by atoms with Gasteiger partial charge in [0.25, 0.3) is 5.91 Å². The monoisotopic (exact) mass is 622 g/mol. The van der Waals surface area contributed by atoms with Crippen molar-refractivity contribution in [3.8, 4) is 0 Å². The summed E-state index contributed by atoms with van der Waals surface area (Å²) in [4.78, 5) is 18.8. The maximum absolute atomic E-state index is 15.2. The Balaban J connectivity index is 1.61. The number of carbonyl (C=O) groups excluding carboxylic acids is 1. The maximum Gasteiger partial charge on any atom is 0.253 e. The summed E-state index contributed by atoms with van der Waals surface area (Å²) < 4.78 is 22.0. The zero-order chi connectivity index (χ0) is 30.5. The Hall–Kier alpha value is -2.86. The summed E-state index contributed by atoms with van der Waals surface area (Å²) in [6.07, 6.45) is 6.97. The number of hydrogen-bond donors (Lipinski definition) is 0. The normalized spacial score (nSPS) is 22.1. The van der Waals surface area contributed by atoms with Crippen LogP contribution in [0.1, 0.15) is 69.7 Å². The van der Waals surface area contributed by atoms with Crippen molar-refractivity contribution >= 4 is 34.8 Å². The van der Waals surface area contributed by atoms with Gasteiger partial charge in [0.15, 0.2) is 0 Å². The van der Waals surface area contributed by atoms with Crippen molar-refractivity contribution in [1.82, 2.24) is 4.90 Å². The summed E-state index contributed by atoms with van der Waals surface area (Å²) in [5.74, 6) is 0.237. The van der Waals surface area contributed by atoms with E-state index in [1.165, 1.54) is 18.9 Å². The molecule has 0 unspecified atom stereocenters. The highest BCUT2D eigenvalue weighted by molar-refractivity contribution is 6.30. The Bertz CT molecular complexity index is 1410. The number of ether oxygens (including phenoxy) is 1. The fourth-order valence-corrected chi connectivity index (χ4v) is 6.58. The van der Waals surface area contributed by atoms with Gasteiger partial charge in [-0.1, -0.05) is 98.4 Å². The molecule has 1 amide bonds. The predicted molar refractivity (Wildman–Crippen MR) is 174 cm³/mol. The van der Waals surface area contributed by atoms with E-state index in [2.05, 4.69) is 11.8 Å². The van der Waals surface area contributed by atoms with E-state index in [-0.39, 0.29) is 23.7 Å². The van der Waals surface area contributed by atoms with E-state index in [9.17, 15) is 4.79 Å². The molecule has 0 radical (unpaired) electrons.